The predicted molar refractivity (Wildman–Crippen MR) is 68.5 cm³/mol. The standard InChI is InChI=1S/C11H19N3O2S/c1-5-12-11-10(7-6-8-13-11)17(15,16)14(4)9(2)3/h6-9H,5H2,1-4H3,(H,12,13). The Morgan fingerprint density at radius 3 is 2.65 bits per heavy atom. The number of sulfonamides is 1. The summed E-state index contributed by atoms with van der Waals surface area (Å²) in [5.41, 5.74) is 0. The van der Waals surface area contributed by atoms with Crippen LogP contribution in [0, 0.1) is 0 Å². The van der Waals surface area contributed by atoms with E-state index in [9.17, 15) is 8.42 Å². The molecular weight excluding hydrogens is 238 g/mol. The second-order valence-corrected chi connectivity index (χ2v) is 5.96. The molecule has 0 saturated heterocycles. The average Bonchev–Trinajstić information content (AvgIpc) is 2.29. The first-order chi connectivity index (χ1) is 7.91. The fourth-order valence-electron chi connectivity index (χ4n) is 1.33. The molecule has 0 aliphatic carbocycles. The van der Waals surface area contributed by atoms with Gasteiger partial charge in [0.05, 0.1) is 0 Å². The Morgan fingerprint density at radius 1 is 1.47 bits per heavy atom. The van der Waals surface area contributed by atoms with Crippen LogP contribution in [-0.4, -0.2) is 37.3 Å². The lowest BCUT2D eigenvalue weighted by molar-refractivity contribution is 0.410. The molecule has 6 heteroatoms. The van der Waals surface area contributed by atoms with Gasteiger partial charge >= 0.3 is 0 Å². The van der Waals surface area contributed by atoms with Crippen LogP contribution in [0.15, 0.2) is 23.2 Å². The highest BCUT2D eigenvalue weighted by molar-refractivity contribution is 7.89. The van der Waals surface area contributed by atoms with Gasteiger partial charge in [-0.2, -0.15) is 4.31 Å². The highest BCUT2D eigenvalue weighted by Crippen LogP contribution is 2.22. The summed E-state index contributed by atoms with van der Waals surface area (Å²) in [7, 11) is -1.91. The van der Waals surface area contributed by atoms with Crippen LogP contribution in [-0.2, 0) is 10.0 Å². The minimum Gasteiger partial charge on any atom is -0.369 e. The first-order valence-electron chi connectivity index (χ1n) is 5.58. The molecule has 0 amide bonds. The molecule has 0 spiro atoms. The number of rotatable bonds is 5. The van der Waals surface area contributed by atoms with Gasteiger partial charge in [-0.15, -0.1) is 0 Å². The first kappa shape index (κ1) is 13.9. The molecule has 0 aliphatic rings. The Bertz CT molecular complexity index is 471. The van der Waals surface area contributed by atoms with E-state index >= 15 is 0 Å². The maximum Gasteiger partial charge on any atom is 0.246 e. The summed E-state index contributed by atoms with van der Waals surface area (Å²) in [4.78, 5) is 4.28. The Kier molecular flexibility index (Phi) is 4.47. The second-order valence-electron chi connectivity index (χ2n) is 4.00. The van der Waals surface area contributed by atoms with Crippen LogP contribution >= 0.6 is 0 Å². The van der Waals surface area contributed by atoms with Crippen LogP contribution in [0.4, 0.5) is 5.82 Å². The second kappa shape index (κ2) is 5.46. The zero-order valence-electron chi connectivity index (χ0n) is 10.6. The topological polar surface area (TPSA) is 62.3 Å². The van der Waals surface area contributed by atoms with Crippen molar-refractivity contribution in [2.24, 2.45) is 0 Å². The fraction of sp³-hybridized carbons (Fsp3) is 0.545. The molecule has 0 radical (unpaired) electrons. The van der Waals surface area contributed by atoms with Gasteiger partial charge in [-0.25, -0.2) is 13.4 Å². The number of aromatic nitrogens is 1. The van der Waals surface area contributed by atoms with E-state index in [1.54, 1.807) is 25.4 Å². The van der Waals surface area contributed by atoms with E-state index in [1.165, 1.54) is 4.31 Å². The van der Waals surface area contributed by atoms with Crippen LogP contribution in [0.5, 0.6) is 0 Å². The van der Waals surface area contributed by atoms with Crippen molar-refractivity contribution in [2.75, 3.05) is 18.9 Å². The SMILES string of the molecule is CCNc1ncccc1S(=O)(=O)N(C)C(C)C. The molecule has 1 aromatic heterocycles. The van der Waals surface area contributed by atoms with E-state index in [0.29, 0.717) is 12.4 Å². The third kappa shape index (κ3) is 2.95. The molecular formula is C11H19N3O2S. The number of pyridine rings is 1. The smallest absolute Gasteiger partial charge is 0.246 e. The molecule has 0 aromatic carbocycles. The van der Waals surface area contributed by atoms with E-state index in [2.05, 4.69) is 10.3 Å². The quantitative estimate of drug-likeness (QED) is 0.869. The Labute approximate surface area is 103 Å². The summed E-state index contributed by atoms with van der Waals surface area (Å²) < 4.78 is 26.0. The van der Waals surface area contributed by atoms with Crippen LogP contribution in [0.25, 0.3) is 0 Å². The van der Waals surface area contributed by atoms with Crippen molar-refractivity contribution >= 4 is 15.8 Å². The summed E-state index contributed by atoms with van der Waals surface area (Å²) in [6.07, 6.45) is 1.58. The molecule has 1 N–H and O–H groups in total. The van der Waals surface area contributed by atoms with Gasteiger partial charge in [-0.1, -0.05) is 0 Å². The van der Waals surface area contributed by atoms with E-state index in [4.69, 9.17) is 0 Å². The molecule has 0 fully saturated rings. The van der Waals surface area contributed by atoms with Gasteiger partial charge in [0, 0.05) is 25.8 Å². The minimum absolute atomic E-state index is 0.0883. The zero-order chi connectivity index (χ0) is 13.1. The summed E-state index contributed by atoms with van der Waals surface area (Å²) in [6.45, 7) is 6.20. The summed E-state index contributed by atoms with van der Waals surface area (Å²) >= 11 is 0. The molecule has 0 atom stereocenters. The zero-order valence-corrected chi connectivity index (χ0v) is 11.5. The molecule has 96 valence electrons. The molecule has 1 heterocycles. The van der Waals surface area contributed by atoms with Gasteiger partial charge in [0.25, 0.3) is 0 Å². The average molecular weight is 257 g/mol. The molecule has 1 aromatic rings. The minimum atomic E-state index is -3.48. The molecule has 17 heavy (non-hydrogen) atoms. The third-order valence-electron chi connectivity index (χ3n) is 2.50. The highest BCUT2D eigenvalue weighted by Gasteiger charge is 2.26. The van der Waals surface area contributed by atoms with E-state index < -0.39 is 10.0 Å². The molecule has 0 unspecified atom stereocenters. The van der Waals surface area contributed by atoms with Crippen molar-refractivity contribution < 1.29 is 8.42 Å². The number of nitrogens with zero attached hydrogens (tertiary/aromatic N) is 2. The van der Waals surface area contributed by atoms with E-state index in [-0.39, 0.29) is 10.9 Å². The maximum absolute atomic E-state index is 12.3. The largest absolute Gasteiger partial charge is 0.369 e. The monoisotopic (exact) mass is 257 g/mol. The normalized spacial score (nSPS) is 12.1. The molecule has 0 bridgehead atoms. The van der Waals surface area contributed by atoms with E-state index in [0.717, 1.165) is 0 Å². The van der Waals surface area contributed by atoms with Gasteiger partial charge in [0.1, 0.15) is 10.7 Å². The van der Waals surface area contributed by atoms with Crippen LogP contribution in [0.3, 0.4) is 0 Å². The van der Waals surface area contributed by atoms with Crippen LogP contribution in [0.2, 0.25) is 0 Å². The fourth-order valence-corrected chi connectivity index (χ4v) is 2.82. The lowest BCUT2D eigenvalue weighted by atomic mass is 10.4. The van der Waals surface area contributed by atoms with Crippen molar-refractivity contribution in [3.8, 4) is 0 Å². The number of hydrogen-bond acceptors (Lipinski definition) is 4. The van der Waals surface area contributed by atoms with E-state index in [1.807, 2.05) is 20.8 Å². The lowest BCUT2D eigenvalue weighted by Gasteiger charge is -2.22. The van der Waals surface area contributed by atoms with Crippen molar-refractivity contribution in [3.05, 3.63) is 18.3 Å². The van der Waals surface area contributed by atoms with Gasteiger partial charge in [0.2, 0.25) is 10.0 Å². The highest BCUT2D eigenvalue weighted by atomic mass is 32.2. The van der Waals surface area contributed by atoms with Gasteiger partial charge in [-0.3, -0.25) is 0 Å². The van der Waals surface area contributed by atoms with Crippen molar-refractivity contribution in [1.82, 2.24) is 9.29 Å². The van der Waals surface area contributed by atoms with Crippen LogP contribution < -0.4 is 5.32 Å². The Hall–Kier alpha value is -1.14. The molecule has 1 rings (SSSR count). The van der Waals surface area contributed by atoms with Crippen molar-refractivity contribution in [2.45, 2.75) is 31.7 Å². The summed E-state index contributed by atoms with van der Waals surface area (Å²) in [5, 5.41) is 2.96. The third-order valence-corrected chi connectivity index (χ3v) is 4.56. The van der Waals surface area contributed by atoms with Gasteiger partial charge in [-0.05, 0) is 32.9 Å². The van der Waals surface area contributed by atoms with Crippen molar-refractivity contribution in [1.29, 1.82) is 0 Å². The number of nitrogens with one attached hydrogen (secondary N) is 1. The number of hydrogen-bond donors (Lipinski definition) is 1. The van der Waals surface area contributed by atoms with Gasteiger partial charge < -0.3 is 5.32 Å². The molecule has 0 saturated carbocycles. The predicted octanol–water partition coefficient (Wildman–Crippen LogP) is 1.54. The van der Waals surface area contributed by atoms with Crippen molar-refractivity contribution in [3.63, 3.8) is 0 Å². The Balaban J connectivity index is 3.23. The molecule has 0 aliphatic heterocycles. The summed E-state index contributed by atoms with van der Waals surface area (Å²) in [5.74, 6) is 0.405. The van der Waals surface area contributed by atoms with Gasteiger partial charge in [0.15, 0.2) is 0 Å². The lowest BCUT2D eigenvalue weighted by Crippen LogP contribution is -2.33. The first-order valence-corrected chi connectivity index (χ1v) is 7.02. The van der Waals surface area contributed by atoms with Crippen LogP contribution in [0.1, 0.15) is 20.8 Å². The number of anilines is 1. The molecule has 5 nitrogen and oxygen atoms in total. The maximum atomic E-state index is 12.3. The Morgan fingerprint density at radius 2 is 2.12 bits per heavy atom. The summed E-state index contributed by atoms with van der Waals surface area (Å²) in [6, 6.07) is 3.11.